The molecule has 1 aromatic carbocycles. The quantitative estimate of drug-likeness (QED) is 0.325. The molecular formula is C20H19N3O6S. The number of carboxylic acids is 2. The molecule has 1 unspecified atom stereocenters. The molecule has 0 radical (unpaired) electrons. The second-order valence-corrected chi connectivity index (χ2v) is 7.39. The largest absolute Gasteiger partial charge is 0.497 e. The molecule has 0 bridgehead atoms. The van der Waals surface area contributed by atoms with Crippen molar-refractivity contribution >= 4 is 46.3 Å². The molecule has 1 aliphatic heterocycles. The van der Waals surface area contributed by atoms with E-state index in [1.807, 2.05) is 42.7 Å². The predicted octanol–water partition coefficient (Wildman–Crippen LogP) is 2.69. The van der Waals surface area contributed by atoms with E-state index in [0.717, 1.165) is 33.7 Å². The summed E-state index contributed by atoms with van der Waals surface area (Å²) in [4.78, 5) is 38.5. The highest BCUT2D eigenvalue weighted by Crippen LogP contribution is 2.34. The van der Waals surface area contributed by atoms with Crippen LogP contribution in [0.4, 0.5) is 5.69 Å². The number of pyridine rings is 1. The number of ether oxygens (including phenoxy) is 1. The van der Waals surface area contributed by atoms with Crippen LogP contribution in [0.3, 0.4) is 0 Å². The average molecular weight is 429 g/mol. The second kappa shape index (κ2) is 9.31. The maximum absolute atomic E-state index is 12.9. The van der Waals surface area contributed by atoms with Gasteiger partial charge in [0.05, 0.1) is 24.9 Å². The summed E-state index contributed by atoms with van der Waals surface area (Å²) in [5, 5.41) is 15.7. The van der Waals surface area contributed by atoms with Crippen LogP contribution in [0.1, 0.15) is 10.4 Å². The summed E-state index contributed by atoms with van der Waals surface area (Å²) < 4.78 is 7.38. The van der Waals surface area contributed by atoms with Crippen LogP contribution in [0, 0.1) is 5.92 Å². The number of aromatic amines is 1. The molecule has 2 aromatic heterocycles. The Morgan fingerprint density at radius 2 is 2.00 bits per heavy atom. The standard InChI is InChI=1S/C18H17N3O2S.C2H2O4/c1-23-14-4-5-15-16(9-20-17(15)7-14)18(22)12-10-21(24-11-12)13-3-2-6-19-8-13;3-1(4)2(5)6/h2-9,12,20H,10-11H2,1H3;(H,3,4)(H,5,6). The molecular weight excluding hydrogens is 410 g/mol. The number of anilines is 1. The zero-order valence-electron chi connectivity index (χ0n) is 15.9. The Morgan fingerprint density at radius 1 is 1.23 bits per heavy atom. The lowest BCUT2D eigenvalue weighted by Gasteiger charge is -2.15. The smallest absolute Gasteiger partial charge is 0.414 e. The molecule has 9 nitrogen and oxygen atoms in total. The number of Topliss-reactive ketones (excluding diaryl/α,β-unsaturated/α-hetero) is 1. The van der Waals surface area contributed by atoms with E-state index >= 15 is 0 Å². The maximum Gasteiger partial charge on any atom is 0.414 e. The minimum absolute atomic E-state index is 0.0173. The molecule has 30 heavy (non-hydrogen) atoms. The highest BCUT2D eigenvalue weighted by Gasteiger charge is 2.31. The predicted molar refractivity (Wildman–Crippen MR) is 112 cm³/mol. The summed E-state index contributed by atoms with van der Waals surface area (Å²) in [6, 6.07) is 9.68. The lowest BCUT2D eigenvalue weighted by Crippen LogP contribution is -2.21. The number of ketones is 1. The summed E-state index contributed by atoms with van der Waals surface area (Å²) in [6.45, 7) is 0.706. The molecule has 1 atom stereocenters. The van der Waals surface area contributed by atoms with E-state index < -0.39 is 11.9 Å². The van der Waals surface area contributed by atoms with Crippen molar-refractivity contribution in [3.8, 4) is 5.75 Å². The zero-order valence-corrected chi connectivity index (χ0v) is 16.8. The highest BCUT2D eigenvalue weighted by molar-refractivity contribution is 8.00. The van der Waals surface area contributed by atoms with Crippen molar-refractivity contribution in [3.63, 3.8) is 0 Å². The minimum Gasteiger partial charge on any atom is -0.497 e. The van der Waals surface area contributed by atoms with E-state index in [-0.39, 0.29) is 11.7 Å². The van der Waals surface area contributed by atoms with Crippen LogP contribution in [-0.2, 0) is 9.59 Å². The van der Waals surface area contributed by atoms with Crippen molar-refractivity contribution in [3.05, 3.63) is 54.5 Å². The normalized spacial score (nSPS) is 15.4. The molecule has 3 aromatic rings. The molecule has 0 spiro atoms. The van der Waals surface area contributed by atoms with E-state index in [4.69, 9.17) is 24.5 Å². The third-order valence-corrected chi connectivity index (χ3v) is 5.68. The first-order chi connectivity index (χ1) is 14.4. The van der Waals surface area contributed by atoms with Crippen LogP contribution in [0.15, 0.2) is 48.9 Å². The van der Waals surface area contributed by atoms with Gasteiger partial charge in [-0.25, -0.2) is 9.59 Å². The van der Waals surface area contributed by atoms with Crippen LogP contribution < -0.4 is 9.04 Å². The first-order valence-corrected chi connectivity index (χ1v) is 9.81. The third-order valence-electron chi connectivity index (χ3n) is 4.46. The number of fused-ring (bicyclic) bond motifs is 1. The van der Waals surface area contributed by atoms with Gasteiger partial charge in [-0.2, -0.15) is 0 Å². The lowest BCUT2D eigenvalue weighted by molar-refractivity contribution is -0.159. The number of aliphatic carboxylic acids is 2. The van der Waals surface area contributed by atoms with Crippen molar-refractivity contribution < 1.29 is 29.3 Å². The number of carbonyl (C=O) groups is 3. The molecule has 0 aliphatic carbocycles. The van der Waals surface area contributed by atoms with E-state index in [1.165, 1.54) is 0 Å². The van der Waals surface area contributed by atoms with Gasteiger partial charge in [-0.1, -0.05) is 0 Å². The number of rotatable bonds is 4. The Morgan fingerprint density at radius 3 is 2.63 bits per heavy atom. The number of H-pyrrole nitrogens is 1. The fraction of sp³-hybridized carbons (Fsp3) is 0.200. The molecule has 1 fully saturated rings. The van der Waals surface area contributed by atoms with Crippen LogP contribution in [0.2, 0.25) is 0 Å². The third kappa shape index (κ3) is 4.71. The van der Waals surface area contributed by atoms with Crippen LogP contribution in [-0.4, -0.2) is 57.3 Å². The minimum atomic E-state index is -1.82. The molecule has 3 heterocycles. The van der Waals surface area contributed by atoms with Crippen LogP contribution in [0.25, 0.3) is 10.9 Å². The second-order valence-electron chi connectivity index (χ2n) is 6.35. The highest BCUT2D eigenvalue weighted by atomic mass is 32.2. The Balaban J connectivity index is 0.000000377. The van der Waals surface area contributed by atoms with E-state index in [1.54, 1.807) is 25.3 Å². The van der Waals surface area contributed by atoms with Crippen LogP contribution >= 0.6 is 11.9 Å². The lowest BCUT2D eigenvalue weighted by atomic mass is 9.98. The fourth-order valence-corrected chi connectivity index (χ4v) is 4.14. The van der Waals surface area contributed by atoms with E-state index in [0.29, 0.717) is 6.54 Å². The van der Waals surface area contributed by atoms with Crippen molar-refractivity contribution in [1.29, 1.82) is 0 Å². The summed E-state index contributed by atoms with van der Waals surface area (Å²) >= 11 is 1.68. The first kappa shape index (κ1) is 21.2. The van der Waals surface area contributed by atoms with Crippen LogP contribution in [0.5, 0.6) is 5.75 Å². The number of carbonyl (C=O) groups excluding carboxylic acids is 1. The molecule has 1 aliphatic rings. The topological polar surface area (TPSA) is 133 Å². The monoisotopic (exact) mass is 429 g/mol. The van der Waals surface area contributed by atoms with Crippen molar-refractivity contribution in [2.24, 2.45) is 5.92 Å². The Hall–Kier alpha value is -3.53. The summed E-state index contributed by atoms with van der Waals surface area (Å²) in [5.41, 5.74) is 2.72. The number of benzene rings is 1. The molecule has 3 N–H and O–H groups in total. The number of hydrogen-bond donors (Lipinski definition) is 3. The fourth-order valence-electron chi connectivity index (χ4n) is 2.98. The summed E-state index contributed by atoms with van der Waals surface area (Å²) in [7, 11) is 1.64. The van der Waals surface area contributed by atoms with Gasteiger partial charge in [-0.15, -0.1) is 0 Å². The van der Waals surface area contributed by atoms with Gasteiger partial charge in [-0.05, 0) is 36.2 Å². The molecule has 0 amide bonds. The van der Waals surface area contributed by atoms with Crippen molar-refractivity contribution in [2.75, 3.05) is 23.7 Å². The molecule has 1 saturated heterocycles. The number of carboxylic acid groups (broad SMARTS) is 2. The number of nitrogens with one attached hydrogen (secondary N) is 1. The van der Waals surface area contributed by atoms with E-state index in [9.17, 15) is 4.79 Å². The van der Waals surface area contributed by atoms with Gasteiger partial charge in [0, 0.05) is 47.2 Å². The Labute approximate surface area is 175 Å². The summed E-state index contributed by atoms with van der Waals surface area (Å²) in [5.74, 6) is -1.91. The van der Waals surface area contributed by atoms with Gasteiger partial charge in [-0.3, -0.25) is 9.78 Å². The SMILES string of the molecule is COc1ccc2c(C(=O)C3CSN(c4cccnc4)C3)c[nH]c2c1.O=C(O)C(=O)O. The Bertz CT molecular complexity index is 1060. The number of hydrogen-bond acceptors (Lipinski definition) is 7. The Kier molecular flexibility index (Phi) is 6.58. The number of aromatic nitrogens is 2. The number of methoxy groups -OCH3 is 1. The molecule has 0 saturated carbocycles. The van der Waals surface area contributed by atoms with Gasteiger partial charge < -0.3 is 24.2 Å². The summed E-state index contributed by atoms with van der Waals surface area (Å²) in [6.07, 6.45) is 5.40. The first-order valence-electron chi connectivity index (χ1n) is 8.86. The zero-order chi connectivity index (χ0) is 21.7. The van der Waals surface area contributed by atoms with Crippen molar-refractivity contribution in [2.45, 2.75) is 0 Å². The van der Waals surface area contributed by atoms with E-state index in [2.05, 4.69) is 14.3 Å². The van der Waals surface area contributed by atoms with Gasteiger partial charge in [0.1, 0.15) is 5.75 Å². The maximum atomic E-state index is 12.9. The van der Waals surface area contributed by atoms with Crippen molar-refractivity contribution in [1.82, 2.24) is 9.97 Å². The molecule has 10 heteroatoms. The van der Waals surface area contributed by atoms with Gasteiger partial charge >= 0.3 is 11.9 Å². The molecule has 4 rings (SSSR count). The molecule has 156 valence electrons. The van der Waals surface area contributed by atoms with Gasteiger partial charge in [0.25, 0.3) is 0 Å². The van der Waals surface area contributed by atoms with Gasteiger partial charge in [0.2, 0.25) is 0 Å². The van der Waals surface area contributed by atoms with Gasteiger partial charge in [0.15, 0.2) is 5.78 Å². The number of nitrogens with zero attached hydrogens (tertiary/aromatic N) is 2. The average Bonchev–Trinajstić information content (AvgIpc) is 3.41.